The summed E-state index contributed by atoms with van der Waals surface area (Å²) in [6.07, 6.45) is 0. The molecule has 1 amide bonds. The van der Waals surface area contributed by atoms with Crippen LogP contribution in [-0.2, 0) is 11.3 Å². The Kier molecular flexibility index (Phi) is 3.06. The van der Waals surface area contributed by atoms with Gasteiger partial charge in [0.25, 0.3) is 0 Å². The van der Waals surface area contributed by atoms with Crippen LogP contribution < -0.4 is 20.1 Å². The molecular weight excluding hydrogens is 232 g/mol. The lowest BCUT2D eigenvalue weighted by Gasteiger charge is -2.26. The van der Waals surface area contributed by atoms with E-state index in [9.17, 15) is 4.79 Å². The summed E-state index contributed by atoms with van der Waals surface area (Å²) in [7, 11) is 0. The molecule has 1 aromatic carbocycles. The zero-order valence-corrected chi connectivity index (χ0v) is 10.1. The summed E-state index contributed by atoms with van der Waals surface area (Å²) in [5.74, 6) is 1.78. The number of rotatable bonds is 3. The normalized spacial score (nSPS) is 18.0. The Balaban J connectivity index is 1.60. The Hall–Kier alpha value is -1.75. The second kappa shape index (κ2) is 4.86. The Morgan fingerprint density at radius 3 is 2.78 bits per heavy atom. The predicted molar refractivity (Wildman–Crippen MR) is 65.6 cm³/mol. The minimum absolute atomic E-state index is 0.114. The highest BCUT2D eigenvalue weighted by Gasteiger charge is 2.24. The summed E-state index contributed by atoms with van der Waals surface area (Å²) < 4.78 is 11.0. The molecule has 1 fully saturated rings. The number of ether oxygens (including phenoxy) is 2. The maximum absolute atomic E-state index is 11.7. The second-order valence-corrected chi connectivity index (χ2v) is 4.55. The predicted octanol–water partition coefficient (Wildman–Crippen LogP) is 0.293. The Labute approximate surface area is 105 Å². The van der Waals surface area contributed by atoms with Gasteiger partial charge in [0.1, 0.15) is 13.2 Å². The molecule has 0 unspecified atom stereocenters. The van der Waals surface area contributed by atoms with E-state index in [4.69, 9.17) is 9.47 Å². The smallest absolute Gasteiger partial charge is 0.225 e. The fourth-order valence-corrected chi connectivity index (χ4v) is 2.01. The molecule has 0 saturated carbocycles. The van der Waals surface area contributed by atoms with Gasteiger partial charge in [-0.15, -0.1) is 0 Å². The van der Waals surface area contributed by atoms with Crippen molar-refractivity contribution in [1.82, 2.24) is 10.6 Å². The van der Waals surface area contributed by atoms with Gasteiger partial charge in [0.2, 0.25) is 5.91 Å². The highest BCUT2D eigenvalue weighted by molar-refractivity contribution is 5.80. The van der Waals surface area contributed by atoms with Gasteiger partial charge in [-0.1, -0.05) is 6.07 Å². The molecule has 18 heavy (non-hydrogen) atoms. The lowest BCUT2D eigenvalue weighted by molar-refractivity contribution is -0.126. The summed E-state index contributed by atoms with van der Waals surface area (Å²) in [5, 5.41) is 6.02. The number of hydrogen-bond acceptors (Lipinski definition) is 4. The van der Waals surface area contributed by atoms with Gasteiger partial charge in [-0.3, -0.25) is 4.79 Å². The van der Waals surface area contributed by atoms with Crippen LogP contribution in [-0.4, -0.2) is 32.2 Å². The average molecular weight is 248 g/mol. The molecule has 0 spiro atoms. The van der Waals surface area contributed by atoms with Crippen LogP contribution in [0.4, 0.5) is 0 Å². The summed E-state index contributed by atoms with van der Waals surface area (Å²) >= 11 is 0. The molecule has 0 atom stereocenters. The number of carbonyl (C=O) groups excluding carboxylic acids is 1. The molecule has 0 aromatic heterocycles. The van der Waals surface area contributed by atoms with Crippen LogP contribution in [0.5, 0.6) is 11.5 Å². The van der Waals surface area contributed by atoms with E-state index >= 15 is 0 Å². The molecule has 96 valence electrons. The standard InChI is InChI=1S/C13H16N2O3/c16-13(10-7-14-8-10)15-6-9-1-2-11-12(5-9)18-4-3-17-11/h1-2,5,10,14H,3-4,6-8H2,(H,15,16). The van der Waals surface area contributed by atoms with Crippen LogP contribution >= 0.6 is 0 Å². The first-order valence-corrected chi connectivity index (χ1v) is 6.20. The van der Waals surface area contributed by atoms with Gasteiger partial charge in [-0.25, -0.2) is 0 Å². The molecule has 2 aliphatic heterocycles. The van der Waals surface area contributed by atoms with Crippen molar-refractivity contribution in [3.63, 3.8) is 0 Å². The Morgan fingerprint density at radius 1 is 1.28 bits per heavy atom. The quantitative estimate of drug-likeness (QED) is 0.807. The first-order valence-electron chi connectivity index (χ1n) is 6.20. The minimum Gasteiger partial charge on any atom is -0.486 e. The largest absolute Gasteiger partial charge is 0.486 e. The molecule has 2 N–H and O–H groups in total. The van der Waals surface area contributed by atoms with Crippen molar-refractivity contribution in [1.29, 1.82) is 0 Å². The van der Waals surface area contributed by atoms with Crippen LogP contribution in [0, 0.1) is 5.92 Å². The molecule has 2 aliphatic rings. The highest BCUT2D eigenvalue weighted by atomic mass is 16.6. The van der Waals surface area contributed by atoms with Gasteiger partial charge < -0.3 is 20.1 Å². The third-order valence-electron chi connectivity index (χ3n) is 3.23. The average Bonchev–Trinajstić information content (AvgIpc) is 2.34. The van der Waals surface area contributed by atoms with Crippen LogP contribution in [0.15, 0.2) is 18.2 Å². The maximum atomic E-state index is 11.7. The van der Waals surface area contributed by atoms with Crippen LogP contribution in [0.1, 0.15) is 5.56 Å². The van der Waals surface area contributed by atoms with E-state index in [1.165, 1.54) is 0 Å². The lowest BCUT2D eigenvalue weighted by Crippen LogP contribution is -2.50. The fraction of sp³-hybridized carbons (Fsp3) is 0.462. The van der Waals surface area contributed by atoms with Crippen molar-refractivity contribution < 1.29 is 14.3 Å². The van der Waals surface area contributed by atoms with E-state index in [1.807, 2.05) is 18.2 Å². The van der Waals surface area contributed by atoms with E-state index in [1.54, 1.807) is 0 Å². The van der Waals surface area contributed by atoms with Crippen molar-refractivity contribution in [2.24, 2.45) is 5.92 Å². The van der Waals surface area contributed by atoms with Gasteiger partial charge in [0.15, 0.2) is 11.5 Å². The second-order valence-electron chi connectivity index (χ2n) is 4.55. The first kappa shape index (κ1) is 11.3. The van der Waals surface area contributed by atoms with Crippen LogP contribution in [0.2, 0.25) is 0 Å². The summed E-state index contributed by atoms with van der Waals surface area (Å²) in [6.45, 7) is 3.28. The lowest BCUT2D eigenvalue weighted by atomic mass is 10.0. The zero-order chi connectivity index (χ0) is 12.4. The van der Waals surface area contributed by atoms with Crippen molar-refractivity contribution in [3.05, 3.63) is 23.8 Å². The van der Waals surface area contributed by atoms with Crippen molar-refractivity contribution in [3.8, 4) is 11.5 Å². The maximum Gasteiger partial charge on any atom is 0.225 e. The first-order chi connectivity index (χ1) is 8.83. The van der Waals surface area contributed by atoms with Crippen molar-refractivity contribution in [2.45, 2.75) is 6.54 Å². The molecule has 5 nitrogen and oxygen atoms in total. The third-order valence-corrected chi connectivity index (χ3v) is 3.23. The molecule has 2 heterocycles. The third kappa shape index (κ3) is 2.26. The molecule has 0 radical (unpaired) electrons. The summed E-state index contributed by atoms with van der Waals surface area (Å²) in [6, 6.07) is 5.77. The molecule has 1 saturated heterocycles. The van der Waals surface area contributed by atoms with Gasteiger partial charge in [0.05, 0.1) is 5.92 Å². The van der Waals surface area contributed by atoms with Gasteiger partial charge in [-0.05, 0) is 17.7 Å². The van der Waals surface area contributed by atoms with Gasteiger partial charge >= 0.3 is 0 Å². The number of amides is 1. The number of nitrogens with one attached hydrogen (secondary N) is 2. The van der Waals surface area contributed by atoms with Gasteiger partial charge in [-0.2, -0.15) is 0 Å². The monoisotopic (exact) mass is 248 g/mol. The van der Waals surface area contributed by atoms with E-state index in [0.29, 0.717) is 19.8 Å². The molecule has 3 rings (SSSR count). The molecule has 0 bridgehead atoms. The highest BCUT2D eigenvalue weighted by Crippen LogP contribution is 2.30. The van der Waals surface area contributed by atoms with E-state index in [-0.39, 0.29) is 11.8 Å². The van der Waals surface area contributed by atoms with Crippen LogP contribution in [0.3, 0.4) is 0 Å². The summed E-state index contributed by atoms with van der Waals surface area (Å²) in [4.78, 5) is 11.7. The molecule has 5 heteroatoms. The summed E-state index contributed by atoms with van der Waals surface area (Å²) in [5.41, 5.74) is 1.03. The SMILES string of the molecule is O=C(NCc1ccc2c(c1)OCCO2)C1CNC1. The zero-order valence-electron chi connectivity index (χ0n) is 10.1. The Bertz CT molecular complexity index is 458. The molecule has 1 aromatic rings. The number of carbonyl (C=O) groups is 1. The van der Waals surface area contributed by atoms with E-state index in [0.717, 1.165) is 30.2 Å². The van der Waals surface area contributed by atoms with E-state index < -0.39 is 0 Å². The van der Waals surface area contributed by atoms with Crippen molar-refractivity contribution >= 4 is 5.91 Å². The topological polar surface area (TPSA) is 59.6 Å². The van der Waals surface area contributed by atoms with Crippen LogP contribution in [0.25, 0.3) is 0 Å². The number of hydrogen-bond donors (Lipinski definition) is 2. The number of benzene rings is 1. The van der Waals surface area contributed by atoms with Crippen molar-refractivity contribution in [2.75, 3.05) is 26.3 Å². The molecular formula is C13H16N2O3. The minimum atomic E-state index is 0.114. The molecule has 0 aliphatic carbocycles. The fourth-order valence-electron chi connectivity index (χ4n) is 2.01. The van der Waals surface area contributed by atoms with Gasteiger partial charge in [0, 0.05) is 19.6 Å². The number of fused-ring (bicyclic) bond motifs is 1. The Morgan fingerprint density at radius 2 is 2.06 bits per heavy atom. The van der Waals surface area contributed by atoms with E-state index in [2.05, 4.69) is 10.6 Å².